The first-order valence-corrected chi connectivity index (χ1v) is 8.28. The van der Waals surface area contributed by atoms with Gasteiger partial charge in [0, 0.05) is 41.8 Å². The highest BCUT2D eigenvalue weighted by molar-refractivity contribution is 5.74. The van der Waals surface area contributed by atoms with E-state index in [2.05, 4.69) is 20.8 Å². The van der Waals surface area contributed by atoms with E-state index in [4.69, 9.17) is 4.74 Å². The number of aromatic amines is 1. The van der Waals surface area contributed by atoms with Gasteiger partial charge in [-0.25, -0.2) is 4.79 Å². The molecule has 3 N–H and O–H groups in total. The largest absolute Gasteiger partial charge is 0.377 e. The summed E-state index contributed by atoms with van der Waals surface area (Å²) in [6.07, 6.45) is 5.12. The zero-order chi connectivity index (χ0) is 15.3. The van der Waals surface area contributed by atoms with Gasteiger partial charge < -0.3 is 15.4 Å². The van der Waals surface area contributed by atoms with Gasteiger partial charge in [-0.1, -0.05) is 6.42 Å². The topological polar surface area (TPSA) is 79.0 Å². The third-order valence-electron chi connectivity index (χ3n) is 6.03. The molecule has 2 heterocycles. The summed E-state index contributed by atoms with van der Waals surface area (Å²) < 4.78 is 5.89. The van der Waals surface area contributed by atoms with E-state index in [0.717, 1.165) is 30.0 Å². The average Bonchev–Trinajstić information content (AvgIpc) is 2.99. The summed E-state index contributed by atoms with van der Waals surface area (Å²) in [4.78, 5) is 12.3. The predicted molar refractivity (Wildman–Crippen MR) is 81.4 cm³/mol. The number of nitrogens with zero attached hydrogens (tertiary/aromatic N) is 1. The van der Waals surface area contributed by atoms with Crippen molar-refractivity contribution >= 4 is 6.03 Å². The van der Waals surface area contributed by atoms with Crippen LogP contribution in [0.4, 0.5) is 4.79 Å². The molecular formula is C16H24N4O2. The molecule has 1 aromatic rings. The number of H-pyrrole nitrogens is 1. The molecule has 4 rings (SSSR count). The van der Waals surface area contributed by atoms with Crippen LogP contribution in [-0.2, 0) is 11.3 Å². The van der Waals surface area contributed by atoms with E-state index in [0.29, 0.717) is 24.6 Å². The van der Waals surface area contributed by atoms with Crippen LogP contribution in [0.25, 0.3) is 0 Å². The third-order valence-corrected chi connectivity index (χ3v) is 6.03. The van der Waals surface area contributed by atoms with Crippen LogP contribution in [0.2, 0.25) is 0 Å². The lowest BCUT2D eigenvalue weighted by atomic mass is 9.46. The second-order valence-electron chi connectivity index (χ2n) is 7.05. The molecule has 0 unspecified atom stereocenters. The number of urea groups is 1. The lowest BCUT2D eigenvalue weighted by molar-refractivity contribution is -0.172. The number of hydrogen-bond acceptors (Lipinski definition) is 3. The maximum atomic E-state index is 12.3. The van der Waals surface area contributed by atoms with E-state index in [1.165, 1.54) is 19.3 Å². The summed E-state index contributed by atoms with van der Waals surface area (Å²) in [5, 5.41) is 13.3. The lowest BCUT2D eigenvalue weighted by Gasteiger charge is -2.63. The van der Waals surface area contributed by atoms with Crippen molar-refractivity contribution < 1.29 is 9.53 Å². The van der Waals surface area contributed by atoms with Crippen LogP contribution in [0.3, 0.4) is 0 Å². The van der Waals surface area contributed by atoms with Crippen LogP contribution in [0.15, 0.2) is 0 Å². The average molecular weight is 304 g/mol. The standard InChI is InChI=1S/C16H24N4O2/c1-9-12(10(2)20-19-9)8-17-15(21)18-13-11-4-7-22-14(11)16(13)5-3-6-16/h11,13-14H,3-8H2,1-2H3,(H,19,20)(H2,17,18,21)/t11-,13-,14+/m1/s1. The molecule has 1 saturated heterocycles. The number of carbonyl (C=O) groups is 1. The van der Waals surface area contributed by atoms with E-state index in [-0.39, 0.29) is 11.4 Å². The Balaban J connectivity index is 1.36. The fourth-order valence-electron chi connectivity index (χ4n) is 4.65. The maximum Gasteiger partial charge on any atom is 0.315 e. The number of aryl methyl sites for hydroxylation is 2. The van der Waals surface area contributed by atoms with Crippen LogP contribution in [-0.4, -0.2) is 35.0 Å². The van der Waals surface area contributed by atoms with Crippen LogP contribution < -0.4 is 10.6 Å². The zero-order valence-electron chi connectivity index (χ0n) is 13.2. The number of amides is 2. The van der Waals surface area contributed by atoms with E-state index in [9.17, 15) is 4.79 Å². The van der Waals surface area contributed by atoms with Crippen LogP contribution >= 0.6 is 0 Å². The zero-order valence-corrected chi connectivity index (χ0v) is 13.2. The smallest absolute Gasteiger partial charge is 0.315 e. The summed E-state index contributed by atoms with van der Waals surface area (Å²) in [5.74, 6) is 0.517. The summed E-state index contributed by atoms with van der Waals surface area (Å²) in [6, 6.07) is 0.224. The first-order chi connectivity index (χ1) is 10.6. The Bertz CT molecular complexity index is 573. The molecule has 6 heteroatoms. The minimum absolute atomic E-state index is 0.0679. The lowest BCUT2D eigenvalue weighted by Crippen LogP contribution is -2.72. The first kappa shape index (κ1) is 14.1. The van der Waals surface area contributed by atoms with Gasteiger partial charge in [0.05, 0.1) is 11.8 Å². The van der Waals surface area contributed by atoms with Crippen LogP contribution in [0.5, 0.6) is 0 Å². The minimum Gasteiger partial charge on any atom is -0.377 e. The normalized spacial score (nSPS) is 31.3. The molecule has 6 nitrogen and oxygen atoms in total. The van der Waals surface area contributed by atoms with E-state index >= 15 is 0 Å². The molecule has 3 atom stereocenters. The highest BCUT2D eigenvalue weighted by Gasteiger charge is 2.66. The fraction of sp³-hybridized carbons (Fsp3) is 0.750. The fourth-order valence-corrected chi connectivity index (χ4v) is 4.65. The molecule has 2 saturated carbocycles. The second-order valence-corrected chi connectivity index (χ2v) is 7.05. The van der Waals surface area contributed by atoms with E-state index < -0.39 is 0 Å². The second kappa shape index (κ2) is 4.98. The van der Waals surface area contributed by atoms with Gasteiger partial charge in [-0.3, -0.25) is 5.10 Å². The molecule has 3 aliphatic rings. The van der Waals surface area contributed by atoms with Crippen molar-refractivity contribution in [1.29, 1.82) is 0 Å². The van der Waals surface area contributed by atoms with Gasteiger partial charge in [0.15, 0.2) is 0 Å². The van der Waals surface area contributed by atoms with Crippen LogP contribution in [0, 0.1) is 25.2 Å². The van der Waals surface area contributed by atoms with Crippen molar-refractivity contribution in [3.8, 4) is 0 Å². The molecule has 1 spiro atoms. The molecule has 0 radical (unpaired) electrons. The molecule has 22 heavy (non-hydrogen) atoms. The highest BCUT2D eigenvalue weighted by Crippen LogP contribution is 2.62. The molecule has 2 amide bonds. The van der Waals surface area contributed by atoms with Gasteiger partial charge in [-0.05, 0) is 33.1 Å². The Hall–Kier alpha value is -1.56. The van der Waals surface area contributed by atoms with Crippen molar-refractivity contribution in [2.75, 3.05) is 6.61 Å². The van der Waals surface area contributed by atoms with Crippen molar-refractivity contribution in [3.63, 3.8) is 0 Å². The Morgan fingerprint density at radius 1 is 1.45 bits per heavy atom. The summed E-state index contributed by atoms with van der Waals surface area (Å²) in [7, 11) is 0. The van der Waals surface area contributed by atoms with Gasteiger partial charge in [0.1, 0.15) is 0 Å². The highest BCUT2D eigenvalue weighted by atomic mass is 16.5. The number of carbonyl (C=O) groups excluding carboxylic acids is 1. The Labute approximate surface area is 130 Å². The Morgan fingerprint density at radius 3 is 2.91 bits per heavy atom. The molecule has 3 fully saturated rings. The molecule has 120 valence electrons. The number of nitrogens with one attached hydrogen (secondary N) is 3. The number of fused-ring (bicyclic) bond motifs is 2. The number of aromatic nitrogens is 2. The summed E-state index contributed by atoms with van der Waals surface area (Å²) in [5.41, 5.74) is 3.27. The van der Waals surface area contributed by atoms with Crippen molar-refractivity contribution in [1.82, 2.24) is 20.8 Å². The Kier molecular flexibility index (Phi) is 3.18. The number of ether oxygens (including phenoxy) is 1. The van der Waals surface area contributed by atoms with Gasteiger partial charge >= 0.3 is 6.03 Å². The number of rotatable bonds is 3. The molecular weight excluding hydrogens is 280 g/mol. The minimum atomic E-state index is -0.0679. The van der Waals surface area contributed by atoms with E-state index in [1.807, 2.05) is 13.8 Å². The van der Waals surface area contributed by atoms with Crippen molar-refractivity contribution in [2.24, 2.45) is 11.3 Å². The third kappa shape index (κ3) is 1.89. The summed E-state index contributed by atoms with van der Waals surface area (Å²) >= 11 is 0. The maximum absolute atomic E-state index is 12.3. The van der Waals surface area contributed by atoms with Gasteiger partial charge in [0.2, 0.25) is 0 Å². The van der Waals surface area contributed by atoms with Gasteiger partial charge in [-0.15, -0.1) is 0 Å². The SMILES string of the molecule is Cc1n[nH]c(C)c1CNC(=O)N[C@@H]1[C@H]2CCO[C@@H]2C12CCC2. The molecule has 1 aliphatic heterocycles. The van der Waals surface area contributed by atoms with Crippen molar-refractivity contribution in [2.45, 2.75) is 58.2 Å². The molecule has 1 aromatic heterocycles. The quantitative estimate of drug-likeness (QED) is 0.796. The predicted octanol–water partition coefficient (Wildman–Crippen LogP) is 1.78. The summed E-state index contributed by atoms with van der Waals surface area (Å²) in [6.45, 7) is 5.30. The van der Waals surface area contributed by atoms with Gasteiger partial charge in [0.25, 0.3) is 0 Å². The monoisotopic (exact) mass is 304 g/mol. The Morgan fingerprint density at radius 2 is 2.27 bits per heavy atom. The molecule has 2 aliphatic carbocycles. The van der Waals surface area contributed by atoms with E-state index in [1.54, 1.807) is 0 Å². The molecule has 0 aromatic carbocycles. The van der Waals surface area contributed by atoms with Gasteiger partial charge in [-0.2, -0.15) is 5.10 Å². The number of hydrogen-bond donors (Lipinski definition) is 3. The van der Waals surface area contributed by atoms with Crippen molar-refractivity contribution in [3.05, 3.63) is 17.0 Å². The van der Waals surface area contributed by atoms with Crippen LogP contribution in [0.1, 0.15) is 42.6 Å². The first-order valence-electron chi connectivity index (χ1n) is 8.28. The molecule has 0 bridgehead atoms.